The van der Waals surface area contributed by atoms with Crippen molar-refractivity contribution in [1.82, 2.24) is 9.88 Å². The molecule has 7 heteroatoms. The molecule has 4 aromatic rings. The van der Waals surface area contributed by atoms with E-state index in [1.165, 1.54) is 17.3 Å². The van der Waals surface area contributed by atoms with Crippen molar-refractivity contribution in [3.05, 3.63) is 106 Å². The van der Waals surface area contributed by atoms with Crippen LogP contribution in [0, 0.1) is 0 Å². The third kappa shape index (κ3) is 5.33. The molecule has 0 bridgehead atoms. The van der Waals surface area contributed by atoms with Gasteiger partial charge in [0.2, 0.25) is 0 Å². The van der Waals surface area contributed by atoms with Crippen LogP contribution in [-0.2, 0) is 17.6 Å². The first-order chi connectivity index (χ1) is 17.9. The fourth-order valence-electron chi connectivity index (χ4n) is 4.35. The highest BCUT2D eigenvalue weighted by atomic mass is 32.2. The van der Waals surface area contributed by atoms with Gasteiger partial charge in [0, 0.05) is 17.5 Å². The van der Waals surface area contributed by atoms with Gasteiger partial charge >= 0.3 is 5.97 Å². The highest BCUT2D eigenvalue weighted by Gasteiger charge is 2.31. The number of rotatable bonds is 7. The lowest BCUT2D eigenvalue weighted by Crippen LogP contribution is -2.30. The number of carboxylic acid groups (broad SMARTS) is 1. The van der Waals surface area contributed by atoms with Crippen LogP contribution in [0.4, 0.5) is 0 Å². The fraction of sp³-hybridized carbons (Fsp3) is 0.133. The normalized spacial score (nSPS) is 14.6. The number of hydrogen-bond acceptors (Lipinski definition) is 5. The van der Waals surface area contributed by atoms with Crippen molar-refractivity contribution in [3.8, 4) is 11.3 Å². The molecule has 1 aliphatic rings. The Morgan fingerprint density at radius 1 is 1.05 bits per heavy atom. The number of thioether (sulfide) groups is 1. The van der Waals surface area contributed by atoms with E-state index < -0.39 is 5.97 Å². The van der Waals surface area contributed by atoms with Crippen molar-refractivity contribution >= 4 is 57.2 Å². The number of carboxylic acids is 1. The molecule has 0 unspecified atom stereocenters. The maximum absolute atomic E-state index is 13.1. The van der Waals surface area contributed by atoms with Crippen LogP contribution in [0.2, 0.25) is 0 Å². The summed E-state index contributed by atoms with van der Waals surface area (Å²) in [7, 11) is 0. The van der Waals surface area contributed by atoms with Crippen LogP contribution in [0.5, 0.6) is 0 Å². The Morgan fingerprint density at radius 3 is 2.59 bits per heavy atom. The van der Waals surface area contributed by atoms with E-state index in [2.05, 4.69) is 31.2 Å². The SMILES string of the molecule is CCc1cc2ccccc2nc1-c1cccc(C=C2SC(=S)N(CCc3ccc(C(=O)O)cc3)C2=O)c1. The number of thiocarbonyl (C=S) groups is 1. The largest absolute Gasteiger partial charge is 0.478 e. The Hall–Kier alpha value is -3.81. The van der Waals surface area contributed by atoms with Gasteiger partial charge in [0.15, 0.2) is 0 Å². The fourth-order valence-corrected chi connectivity index (χ4v) is 5.66. The predicted octanol–water partition coefficient (Wildman–Crippen LogP) is 6.61. The van der Waals surface area contributed by atoms with Gasteiger partial charge in [-0.3, -0.25) is 9.69 Å². The average Bonchev–Trinajstić information content (AvgIpc) is 3.18. The lowest BCUT2D eigenvalue weighted by Gasteiger charge is -2.14. The van der Waals surface area contributed by atoms with E-state index in [1.807, 2.05) is 36.4 Å². The van der Waals surface area contributed by atoms with Crippen LogP contribution in [0.15, 0.2) is 83.8 Å². The van der Waals surface area contributed by atoms with Gasteiger partial charge in [-0.25, -0.2) is 9.78 Å². The standard InChI is InChI=1S/C30H24N2O3S2/c1-2-21-18-23-7-3-4-9-25(23)31-27(21)24-8-5-6-20(16-24)17-26-28(33)32(30(36)37-26)15-14-19-10-12-22(13-11-19)29(34)35/h3-13,16-18H,2,14-15H2,1H3,(H,34,35). The molecule has 0 radical (unpaired) electrons. The summed E-state index contributed by atoms with van der Waals surface area (Å²) >= 11 is 6.81. The number of fused-ring (bicyclic) bond motifs is 1. The number of carbonyl (C=O) groups is 2. The topological polar surface area (TPSA) is 70.5 Å². The maximum Gasteiger partial charge on any atom is 0.335 e. The zero-order chi connectivity index (χ0) is 25.9. The van der Waals surface area contributed by atoms with Gasteiger partial charge in [0.05, 0.1) is 21.7 Å². The summed E-state index contributed by atoms with van der Waals surface area (Å²) in [5.41, 5.74) is 6.21. The van der Waals surface area contributed by atoms with Gasteiger partial charge in [-0.15, -0.1) is 0 Å². The zero-order valence-electron chi connectivity index (χ0n) is 20.2. The number of aromatic carboxylic acids is 1. The van der Waals surface area contributed by atoms with E-state index in [0.717, 1.165) is 39.7 Å². The van der Waals surface area contributed by atoms with Crippen molar-refractivity contribution < 1.29 is 14.7 Å². The minimum absolute atomic E-state index is 0.111. The van der Waals surface area contributed by atoms with Crippen molar-refractivity contribution in [2.45, 2.75) is 19.8 Å². The van der Waals surface area contributed by atoms with Crippen LogP contribution in [0.25, 0.3) is 28.2 Å². The first kappa shape index (κ1) is 24.9. The first-order valence-corrected chi connectivity index (χ1v) is 13.2. The molecular formula is C30H24N2O3S2. The highest BCUT2D eigenvalue weighted by Crippen LogP contribution is 2.34. The molecule has 1 fully saturated rings. The number of amides is 1. The Bertz CT molecular complexity index is 1560. The van der Waals surface area contributed by atoms with E-state index >= 15 is 0 Å². The van der Waals surface area contributed by atoms with Crippen molar-refractivity contribution in [2.75, 3.05) is 6.54 Å². The highest BCUT2D eigenvalue weighted by molar-refractivity contribution is 8.26. The van der Waals surface area contributed by atoms with E-state index in [1.54, 1.807) is 29.2 Å². The summed E-state index contributed by atoms with van der Waals surface area (Å²) in [5.74, 6) is -1.07. The molecular weight excluding hydrogens is 500 g/mol. The van der Waals surface area contributed by atoms with Crippen molar-refractivity contribution in [1.29, 1.82) is 0 Å². The summed E-state index contributed by atoms with van der Waals surface area (Å²) in [6, 6.07) is 25.1. The van der Waals surface area contributed by atoms with Crippen LogP contribution < -0.4 is 0 Å². The summed E-state index contributed by atoms with van der Waals surface area (Å²) in [6.45, 7) is 2.57. The molecule has 37 heavy (non-hydrogen) atoms. The number of hydrogen-bond donors (Lipinski definition) is 1. The monoisotopic (exact) mass is 524 g/mol. The van der Waals surface area contributed by atoms with Gasteiger partial charge in [-0.05, 0) is 65.9 Å². The zero-order valence-corrected chi connectivity index (χ0v) is 21.8. The second-order valence-corrected chi connectivity index (χ2v) is 10.4. The molecule has 5 rings (SSSR count). The third-order valence-electron chi connectivity index (χ3n) is 6.34. The second-order valence-electron chi connectivity index (χ2n) is 8.75. The number of pyridine rings is 1. The molecule has 5 nitrogen and oxygen atoms in total. The van der Waals surface area contributed by atoms with Crippen molar-refractivity contribution in [2.24, 2.45) is 0 Å². The summed E-state index contributed by atoms with van der Waals surface area (Å²) in [4.78, 5) is 31.3. The first-order valence-electron chi connectivity index (χ1n) is 12.0. The van der Waals surface area contributed by atoms with Gasteiger partial charge < -0.3 is 5.11 Å². The number of aryl methyl sites for hydroxylation is 1. The van der Waals surface area contributed by atoms with Gasteiger partial charge in [-0.1, -0.05) is 79.4 Å². The molecule has 1 saturated heterocycles. The molecule has 1 aromatic heterocycles. The lowest BCUT2D eigenvalue weighted by molar-refractivity contribution is -0.122. The number of carbonyl (C=O) groups excluding carboxylic acids is 1. The predicted molar refractivity (Wildman–Crippen MR) is 154 cm³/mol. The summed E-state index contributed by atoms with van der Waals surface area (Å²) in [5, 5.41) is 10.2. The van der Waals surface area contributed by atoms with Crippen LogP contribution in [-0.4, -0.2) is 37.7 Å². The van der Waals surface area contributed by atoms with E-state index in [4.69, 9.17) is 22.3 Å². The number of nitrogens with zero attached hydrogens (tertiary/aromatic N) is 2. The third-order valence-corrected chi connectivity index (χ3v) is 7.72. The minimum atomic E-state index is -0.958. The molecule has 3 aromatic carbocycles. The molecule has 0 aliphatic carbocycles. The van der Waals surface area contributed by atoms with E-state index in [9.17, 15) is 9.59 Å². The Kier molecular flexibility index (Phi) is 7.17. The average molecular weight is 525 g/mol. The van der Waals surface area contributed by atoms with E-state index in [0.29, 0.717) is 22.2 Å². The van der Waals surface area contributed by atoms with Gasteiger partial charge in [0.25, 0.3) is 5.91 Å². The molecule has 2 heterocycles. The molecule has 1 amide bonds. The van der Waals surface area contributed by atoms with Crippen LogP contribution in [0.1, 0.15) is 34.0 Å². The molecule has 1 aliphatic heterocycles. The minimum Gasteiger partial charge on any atom is -0.478 e. The molecule has 0 atom stereocenters. The van der Waals surface area contributed by atoms with Crippen LogP contribution in [0.3, 0.4) is 0 Å². The number of aromatic nitrogens is 1. The van der Waals surface area contributed by atoms with Gasteiger partial charge in [-0.2, -0.15) is 0 Å². The molecule has 0 saturated carbocycles. The summed E-state index contributed by atoms with van der Waals surface area (Å²) < 4.78 is 0.527. The van der Waals surface area contributed by atoms with Crippen LogP contribution >= 0.6 is 24.0 Å². The van der Waals surface area contributed by atoms with E-state index in [-0.39, 0.29) is 11.5 Å². The number of benzene rings is 3. The quantitative estimate of drug-likeness (QED) is 0.217. The second kappa shape index (κ2) is 10.7. The maximum atomic E-state index is 13.1. The number of para-hydroxylation sites is 1. The molecule has 0 spiro atoms. The smallest absolute Gasteiger partial charge is 0.335 e. The summed E-state index contributed by atoms with van der Waals surface area (Å²) in [6.07, 6.45) is 3.34. The Balaban J connectivity index is 1.36. The molecule has 1 N–H and O–H groups in total. The van der Waals surface area contributed by atoms with Gasteiger partial charge in [0.1, 0.15) is 4.32 Å². The Labute approximate surface area is 224 Å². The molecule has 184 valence electrons. The Morgan fingerprint density at radius 2 is 1.84 bits per heavy atom. The lowest BCUT2D eigenvalue weighted by atomic mass is 10.00. The van der Waals surface area contributed by atoms with Crippen molar-refractivity contribution in [3.63, 3.8) is 0 Å².